The zero-order valence-corrected chi connectivity index (χ0v) is 13.0. The van der Waals surface area contributed by atoms with E-state index in [0.29, 0.717) is 0 Å². The van der Waals surface area contributed by atoms with Crippen molar-refractivity contribution >= 4 is 17.9 Å². The molecule has 1 rings (SSSR count). The van der Waals surface area contributed by atoms with Gasteiger partial charge in [-0.15, -0.1) is 0 Å². The second kappa shape index (κ2) is 7.27. The van der Waals surface area contributed by atoms with E-state index in [0.717, 1.165) is 31.8 Å². The summed E-state index contributed by atoms with van der Waals surface area (Å²) in [6.45, 7) is 7.47. The van der Waals surface area contributed by atoms with Crippen LogP contribution < -0.4 is 0 Å². The highest BCUT2D eigenvalue weighted by Crippen LogP contribution is 2.23. The molecule has 0 atom stereocenters. The molecule has 3 nitrogen and oxygen atoms in total. The molecule has 1 amide bonds. The number of hydrogen-bond acceptors (Lipinski definition) is 3. The molecule has 0 aromatic rings. The average Bonchev–Trinajstić information content (AvgIpc) is 2.28. The molecule has 1 aliphatic rings. The Labute approximate surface area is 116 Å². The fraction of sp³-hybridized carbons (Fsp3) is 0.929. The number of carbonyl (C=O) groups is 1. The van der Waals surface area contributed by atoms with Gasteiger partial charge in [0.05, 0.1) is 0 Å². The molecule has 1 saturated heterocycles. The molecule has 1 heterocycles. The molecule has 0 bridgehead atoms. The van der Waals surface area contributed by atoms with Crippen molar-refractivity contribution in [2.75, 3.05) is 25.1 Å². The van der Waals surface area contributed by atoms with Gasteiger partial charge in [0, 0.05) is 13.1 Å². The minimum Gasteiger partial charge on any atom is -0.444 e. The lowest BCUT2D eigenvalue weighted by Gasteiger charge is -2.33. The first-order valence-corrected chi connectivity index (χ1v) is 8.28. The third-order valence-electron chi connectivity index (χ3n) is 3.23. The summed E-state index contributed by atoms with van der Waals surface area (Å²) in [6, 6.07) is 0. The summed E-state index contributed by atoms with van der Waals surface area (Å²) in [5, 5.41) is 0. The monoisotopic (exact) mass is 273 g/mol. The first-order chi connectivity index (χ1) is 8.42. The molecule has 0 spiro atoms. The third-order valence-corrected chi connectivity index (χ3v) is 3.92. The van der Waals surface area contributed by atoms with Gasteiger partial charge in [0.15, 0.2) is 0 Å². The maximum Gasteiger partial charge on any atom is 0.410 e. The summed E-state index contributed by atoms with van der Waals surface area (Å²) in [5.74, 6) is 2.06. The number of nitrogens with zero attached hydrogens (tertiary/aromatic N) is 1. The standard InChI is InChI=1S/C14H27NO2S/c1-14(2,3)17-13(16)15-9-7-12(8-10-15)6-5-11-18-4/h12H,5-11H2,1-4H3. The number of piperidine rings is 1. The highest BCUT2D eigenvalue weighted by molar-refractivity contribution is 7.98. The molecule has 0 radical (unpaired) electrons. The van der Waals surface area contributed by atoms with E-state index < -0.39 is 0 Å². The van der Waals surface area contributed by atoms with Gasteiger partial charge in [0.25, 0.3) is 0 Å². The largest absolute Gasteiger partial charge is 0.444 e. The minimum atomic E-state index is -0.383. The molecule has 1 aliphatic heterocycles. The second-order valence-corrected chi connectivity index (χ2v) is 7.03. The van der Waals surface area contributed by atoms with E-state index in [4.69, 9.17) is 4.74 Å². The minimum absolute atomic E-state index is 0.148. The van der Waals surface area contributed by atoms with Gasteiger partial charge in [0.1, 0.15) is 5.60 Å². The van der Waals surface area contributed by atoms with E-state index in [1.165, 1.54) is 18.6 Å². The SMILES string of the molecule is CSCCCC1CCN(C(=O)OC(C)(C)C)CC1. The van der Waals surface area contributed by atoms with Crippen LogP contribution in [0.1, 0.15) is 46.5 Å². The van der Waals surface area contributed by atoms with Crippen molar-refractivity contribution < 1.29 is 9.53 Å². The number of thioether (sulfide) groups is 1. The summed E-state index contributed by atoms with van der Waals surface area (Å²) < 4.78 is 5.39. The molecule has 0 N–H and O–H groups in total. The molecule has 4 heteroatoms. The number of likely N-dealkylation sites (tertiary alicyclic amines) is 1. The van der Waals surface area contributed by atoms with Crippen LogP contribution in [-0.2, 0) is 4.74 Å². The Morgan fingerprint density at radius 3 is 2.44 bits per heavy atom. The zero-order valence-electron chi connectivity index (χ0n) is 12.2. The van der Waals surface area contributed by atoms with Crippen LogP contribution in [0.25, 0.3) is 0 Å². The highest BCUT2D eigenvalue weighted by atomic mass is 32.2. The van der Waals surface area contributed by atoms with Crippen molar-refractivity contribution in [1.29, 1.82) is 0 Å². The Hall–Kier alpha value is -0.380. The van der Waals surface area contributed by atoms with Gasteiger partial charge in [-0.25, -0.2) is 4.79 Å². The van der Waals surface area contributed by atoms with E-state index >= 15 is 0 Å². The van der Waals surface area contributed by atoms with Crippen LogP contribution in [0.4, 0.5) is 4.79 Å². The fourth-order valence-electron chi connectivity index (χ4n) is 2.25. The molecule has 0 aromatic carbocycles. The lowest BCUT2D eigenvalue weighted by Crippen LogP contribution is -2.41. The predicted molar refractivity (Wildman–Crippen MR) is 78.1 cm³/mol. The van der Waals surface area contributed by atoms with Gasteiger partial charge >= 0.3 is 6.09 Å². The quantitative estimate of drug-likeness (QED) is 0.730. The van der Waals surface area contributed by atoms with E-state index in [9.17, 15) is 4.79 Å². The molecule has 18 heavy (non-hydrogen) atoms. The lowest BCUT2D eigenvalue weighted by atomic mass is 9.93. The molecule has 106 valence electrons. The van der Waals surface area contributed by atoms with Crippen LogP contribution in [0, 0.1) is 5.92 Å². The Kier molecular flexibility index (Phi) is 6.33. The summed E-state index contributed by atoms with van der Waals surface area (Å²) in [7, 11) is 0. The Morgan fingerprint density at radius 1 is 1.33 bits per heavy atom. The average molecular weight is 273 g/mol. The predicted octanol–water partition coefficient (Wildman–Crippen LogP) is 3.78. The molecule has 0 unspecified atom stereocenters. The van der Waals surface area contributed by atoms with Crippen LogP contribution in [-0.4, -0.2) is 41.7 Å². The zero-order chi connectivity index (χ0) is 13.6. The van der Waals surface area contributed by atoms with Crippen molar-refractivity contribution in [2.45, 2.75) is 52.1 Å². The summed E-state index contributed by atoms with van der Waals surface area (Å²) >= 11 is 1.92. The number of amides is 1. The first-order valence-electron chi connectivity index (χ1n) is 6.89. The maximum absolute atomic E-state index is 11.9. The maximum atomic E-state index is 11.9. The van der Waals surface area contributed by atoms with Crippen molar-refractivity contribution in [3.63, 3.8) is 0 Å². The highest BCUT2D eigenvalue weighted by Gasteiger charge is 2.26. The van der Waals surface area contributed by atoms with Crippen LogP contribution >= 0.6 is 11.8 Å². The number of carbonyl (C=O) groups excluding carboxylic acids is 1. The van der Waals surface area contributed by atoms with Crippen molar-refractivity contribution in [2.24, 2.45) is 5.92 Å². The lowest BCUT2D eigenvalue weighted by molar-refractivity contribution is 0.0181. The topological polar surface area (TPSA) is 29.5 Å². The smallest absolute Gasteiger partial charge is 0.410 e. The van der Waals surface area contributed by atoms with Gasteiger partial charge in [-0.2, -0.15) is 11.8 Å². The Bertz CT molecular complexity index is 255. The van der Waals surface area contributed by atoms with Crippen LogP contribution in [0.2, 0.25) is 0 Å². The molecule has 1 fully saturated rings. The van der Waals surface area contributed by atoms with E-state index in [-0.39, 0.29) is 11.7 Å². The summed E-state index contributed by atoms with van der Waals surface area (Å²) in [4.78, 5) is 13.7. The van der Waals surface area contributed by atoms with Crippen LogP contribution in [0.3, 0.4) is 0 Å². The second-order valence-electron chi connectivity index (χ2n) is 6.05. The van der Waals surface area contributed by atoms with Gasteiger partial charge < -0.3 is 9.64 Å². The molecule has 0 aliphatic carbocycles. The van der Waals surface area contributed by atoms with Crippen LogP contribution in [0.5, 0.6) is 0 Å². The molecular formula is C14H27NO2S. The van der Waals surface area contributed by atoms with Crippen molar-refractivity contribution in [3.8, 4) is 0 Å². The number of ether oxygens (including phenoxy) is 1. The summed E-state index contributed by atoms with van der Waals surface area (Å²) in [5.41, 5.74) is -0.383. The fourth-order valence-corrected chi connectivity index (χ4v) is 2.70. The van der Waals surface area contributed by atoms with Gasteiger partial charge in [-0.3, -0.25) is 0 Å². The Morgan fingerprint density at radius 2 is 1.94 bits per heavy atom. The normalized spacial score (nSPS) is 17.9. The van der Waals surface area contributed by atoms with Gasteiger partial charge in [-0.1, -0.05) is 0 Å². The number of rotatable bonds is 4. The Balaban J connectivity index is 2.24. The van der Waals surface area contributed by atoms with Gasteiger partial charge in [-0.05, 0) is 64.4 Å². The first kappa shape index (κ1) is 15.7. The van der Waals surface area contributed by atoms with Crippen molar-refractivity contribution in [1.82, 2.24) is 4.90 Å². The third kappa shape index (κ3) is 5.98. The van der Waals surface area contributed by atoms with E-state index in [2.05, 4.69) is 6.26 Å². The van der Waals surface area contributed by atoms with Crippen LogP contribution in [0.15, 0.2) is 0 Å². The van der Waals surface area contributed by atoms with E-state index in [1.807, 2.05) is 37.4 Å². The molecular weight excluding hydrogens is 246 g/mol. The van der Waals surface area contributed by atoms with Crippen molar-refractivity contribution in [3.05, 3.63) is 0 Å². The van der Waals surface area contributed by atoms with E-state index in [1.54, 1.807) is 0 Å². The number of hydrogen-bond donors (Lipinski definition) is 0. The molecule has 0 aromatic heterocycles. The summed E-state index contributed by atoms with van der Waals surface area (Å²) in [6.07, 6.45) is 6.89. The van der Waals surface area contributed by atoms with Gasteiger partial charge in [0.2, 0.25) is 0 Å². The molecule has 0 saturated carbocycles.